The molecule has 5 nitrogen and oxygen atoms in total. The van der Waals surface area contributed by atoms with Crippen LogP contribution in [0.4, 0.5) is 0 Å². The van der Waals surface area contributed by atoms with Gasteiger partial charge in [0.05, 0.1) is 11.7 Å². The molecule has 0 aliphatic rings. The van der Waals surface area contributed by atoms with E-state index in [1.165, 1.54) is 0 Å². The van der Waals surface area contributed by atoms with Crippen LogP contribution in [0, 0.1) is 13.8 Å². The molecule has 0 saturated heterocycles. The molecule has 1 heterocycles. The van der Waals surface area contributed by atoms with Crippen molar-refractivity contribution in [2.45, 2.75) is 31.7 Å². The first-order valence-electron chi connectivity index (χ1n) is 7.19. The second-order valence-electron chi connectivity index (χ2n) is 5.59. The third-order valence-electron chi connectivity index (χ3n) is 3.77. The van der Waals surface area contributed by atoms with Crippen LogP contribution in [0.2, 0.25) is 0 Å². The Balaban J connectivity index is 1.98. The van der Waals surface area contributed by atoms with Crippen molar-refractivity contribution >= 4 is 32.8 Å². The summed E-state index contributed by atoms with van der Waals surface area (Å²) in [5.74, 6) is 0. The molecule has 3 rings (SSSR count). The monoisotopic (exact) mass is 347 g/mol. The van der Waals surface area contributed by atoms with E-state index < -0.39 is 10.0 Å². The van der Waals surface area contributed by atoms with Gasteiger partial charge in [0.1, 0.15) is 15.9 Å². The maximum Gasteiger partial charge on any atom is 0.243 e. The highest BCUT2D eigenvalue weighted by atomic mass is 32.2. The molecule has 0 spiro atoms. The Labute approximate surface area is 139 Å². The van der Waals surface area contributed by atoms with Gasteiger partial charge in [-0.3, -0.25) is 0 Å². The number of nitrogens with zero attached hydrogens (tertiary/aromatic N) is 2. The lowest BCUT2D eigenvalue weighted by molar-refractivity contribution is 0.567. The highest BCUT2D eigenvalue weighted by Crippen LogP contribution is 2.25. The predicted molar refractivity (Wildman–Crippen MR) is 92.1 cm³/mol. The normalized spacial score (nSPS) is 13.3. The minimum absolute atomic E-state index is 0.168. The first-order chi connectivity index (χ1) is 10.9. The Morgan fingerprint density at radius 3 is 2.70 bits per heavy atom. The summed E-state index contributed by atoms with van der Waals surface area (Å²) in [4.78, 5) is 0.168. The van der Waals surface area contributed by atoms with Crippen LogP contribution in [0.5, 0.6) is 0 Å². The quantitative estimate of drug-likeness (QED) is 0.785. The Hall–Kier alpha value is -1.83. The van der Waals surface area contributed by atoms with Crippen LogP contribution in [-0.2, 0) is 10.0 Å². The minimum atomic E-state index is -3.68. The lowest BCUT2D eigenvalue weighted by Crippen LogP contribution is -2.27. The van der Waals surface area contributed by atoms with E-state index in [-0.39, 0.29) is 10.9 Å². The first-order valence-corrected chi connectivity index (χ1v) is 9.40. The molecule has 2 aromatic carbocycles. The van der Waals surface area contributed by atoms with E-state index in [0.717, 1.165) is 28.4 Å². The van der Waals surface area contributed by atoms with Crippen molar-refractivity contribution in [1.29, 1.82) is 0 Å². The molecule has 3 aromatic rings. The molecule has 0 amide bonds. The fourth-order valence-corrected chi connectivity index (χ4v) is 4.57. The number of hydrogen-bond donors (Lipinski definition) is 1. The molecule has 1 unspecified atom stereocenters. The van der Waals surface area contributed by atoms with E-state index >= 15 is 0 Å². The number of aromatic nitrogens is 2. The number of aryl methyl sites for hydroxylation is 2. The molecule has 1 atom stereocenters. The topological polar surface area (TPSA) is 72.0 Å². The average molecular weight is 347 g/mol. The standard InChI is InChI=1S/C16H17N3O2S2/c1-10-7-8-11(2)13(9-10)12(3)19-23(20,21)15-6-4-5-14-16(15)18-22-17-14/h4-9,12,19H,1-3H3. The SMILES string of the molecule is Cc1ccc(C)c(C(C)NS(=O)(=O)c2cccc3nsnc23)c1. The third kappa shape index (κ3) is 3.12. The third-order valence-corrected chi connectivity index (χ3v) is 5.89. The molecule has 0 aliphatic heterocycles. The smallest absolute Gasteiger partial charge is 0.207 e. The minimum Gasteiger partial charge on any atom is -0.207 e. The highest BCUT2D eigenvalue weighted by molar-refractivity contribution is 7.89. The Morgan fingerprint density at radius 1 is 1.13 bits per heavy atom. The van der Waals surface area contributed by atoms with Crippen LogP contribution < -0.4 is 4.72 Å². The fourth-order valence-electron chi connectivity index (χ4n) is 2.58. The van der Waals surface area contributed by atoms with Crippen molar-refractivity contribution in [2.75, 3.05) is 0 Å². The average Bonchev–Trinajstić information content (AvgIpc) is 2.97. The molecule has 0 radical (unpaired) electrons. The van der Waals surface area contributed by atoms with Gasteiger partial charge in [0.25, 0.3) is 0 Å². The number of nitrogens with one attached hydrogen (secondary N) is 1. The molecular formula is C16H17N3O2S2. The van der Waals surface area contributed by atoms with E-state index in [0.29, 0.717) is 11.0 Å². The highest BCUT2D eigenvalue weighted by Gasteiger charge is 2.23. The summed E-state index contributed by atoms with van der Waals surface area (Å²) in [5.41, 5.74) is 4.13. The largest absolute Gasteiger partial charge is 0.243 e. The molecule has 1 N–H and O–H groups in total. The van der Waals surface area contributed by atoms with Crippen LogP contribution >= 0.6 is 11.7 Å². The zero-order chi connectivity index (χ0) is 16.6. The maximum absolute atomic E-state index is 12.7. The molecule has 1 aromatic heterocycles. The van der Waals surface area contributed by atoms with Crippen molar-refractivity contribution in [2.24, 2.45) is 0 Å². The summed E-state index contributed by atoms with van der Waals surface area (Å²) in [7, 11) is -3.68. The van der Waals surface area contributed by atoms with E-state index in [4.69, 9.17) is 0 Å². The van der Waals surface area contributed by atoms with E-state index in [2.05, 4.69) is 13.5 Å². The Morgan fingerprint density at radius 2 is 1.91 bits per heavy atom. The number of benzene rings is 2. The summed E-state index contributed by atoms with van der Waals surface area (Å²) in [5, 5.41) is 0. The molecule has 120 valence electrons. The van der Waals surface area contributed by atoms with Crippen molar-refractivity contribution in [3.63, 3.8) is 0 Å². The van der Waals surface area contributed by atoms with Crippen molar-refractivity contribution in [1.82, 2.24) is 13.5 Å². The molecule has 23 heavy (non-hydrogen) atoms. The lowest BCUT2D eigenvalue weighted by atomic mass is 10.0. The van der Waals surface area contributed by atoms with Gasteiger partial charge in [-0.15, -0.1) is 0 Å². The van der Waals surface area contributed by atoms with Crippen LogP contribution in [-0.4, -0.2) is 17.2 Å². The van der Waals surface area contributed by atoms with Gasteiger partial charge in [0.15, 0.2) is 0 Å². The zero-order valence-electron chi connectivity index (χ0n) is 13.1. The number of rotatable bonds is 4. The maximum atomic E-state index is 12.7. The number of fused-ring (bicyclic) bond motifs is 1. The van der Waals surface area contributed by atoms with E-state index in [1.54, 1.807) is 18.2 Å². The first kappa shape index (κ1) is 16.0. The Kier molecular flexibility index (Phi) is 4.18. The van der Waals surface area contributed by atoms with Gasteiger partial charge in [-0.05, 0) is 44.0 Å². The molecule has 0 bridgehead atoms. The summed E-state index contributed by atoms with van der Waals surface area (Å²) in [6.45, 7) is 5.81. The van der Waals surface area contributed by atoms with Gasteiger partial charge in [0, 0.05) is 6.04 Å². The predicted octanol–water partition coefficient (Wildman–Crippen LogP) is 3.35. The molecule has 7 heteroatoms. The van der Waals surface area contributed by atoms with Gasteiger partial charge in [-0.1, -0.05) is 29.8 Å². The van der Waals surface area contributed by atoms with Crippen molar-refractivity contribution < 1.29 is 8.42 Å². The van der Waals surface area contributed by atoms with Gasteiger partial charge in [-0.2, -0.15) is 8.75 Å². The molecule has 0 saturated carbocycles. The van der Waals surface area contributed by atoms with Crippen LogP contribution in [0.15, 0.2) is 41.3 Å². The van der Waals surface area contributed by atoms with E-state index in [1.807, 2.05) is 39.0 Å². The van der Waals surface area contributed by atoms with Crippen LogP contribution in [0.1, 0.15) is 29.7 Å². The van der Waals surface area contributed by atoms with Crippen LogP contribution in [0.3, 0.4) is 0 Å². The lowest BCUT2D eigenvalue weighted by Gasteiger charge is -2.17. The van der Waals surface area contributed by atoms with Gasteiger partial charge >= 0.3 is 0 Å². The second-order valence-corrected chi connectivity index (χ2v) is 7.80. The molecule has 0 fully saturated rings. The number of sulfonamides is 1. The summed E-state index contributed by atoms with van der Waals surface area (Å²) < 4.78 is 36.4. The van der Waals surface area contributed by atoms with Gasteiger partial charge < -0.3 is 0 Å². The molecule has 0 aliphatic carbocycles. The second kappa shape index (κ2) is 5.99. The van der Waals surface area contributed by atoms with Gasteiger partial charge in [-0.25, -0.2) is 13.1 Å². The van der Waals surface area contributed by atoms with E-state index in [9.17, 15) is 8.42 Å². The van der Waals surface area contributed by atoms with Crippen LogP contribution in [0.25, 0.3) is 11.0 Å². The van der Waals surface area contributed by atoms with Gasteiger partial charge in [0.2, 0.25) is 10.0 Å². The zero-order valence-corrected chi connectivity index (χ0v) is 14.7. The van der Waals surface area contributed by atoms with Crippen molar-refractivity contribution in [3.05, 3.63) is 53.1 Å². The number of hydrogen-bond acceptors (Lipinski definition) is 5. The Bertz CT molecular complexity index is 964. The summed E-state index contributed by atoms with van der Waals surface area (Å²) >= 11 is 1.01. The summed E-state index contributed by atoms with van der Waals surface area (Å²) in [6, 6.07) is 10.7. The molecular weight excluding hydrogens is 330 g/mol. The fraction of sp³-hybridized carbons (Fsp3) is 0.250. The summed E-state index contributed by atoms with van der Waals surface area (Å²) in [6.07, 6.45) is 0. The van der Waals surface area contributed by atoms with Crippen molar-refractivity contribution in [3.8, 4) is 0 Å².